The van der Waals surface area contributed by atoms with Gasteiger partial charge in [-0.1, -0.05) is 6.07 Å². The zero-order chi connectivity index (χ0) is 13.0. The Morgan fingerprint density at radius 3 is 2.61 bits per heavy atom. The molecular weight excluding hydrogens is 250 g/mol. The number of carbonyl (C=O) groups excluding carboxylic acids is 1. The summed E-state index contributed by atoms with van der Waals surface area (Å²) in [6, 6.07) is 7.21. The first-order chi connectivity index (χ1) is 8.63. The molecule has 6 heteroatoms. The molecule has 1 aliphatic rings. The molecule has 0 saturated carbocycles. The molecule has 1 heterocycles. The van der Waals surface area contributed by atoms with E-state index >= 15 is 0 Å². The van der Waals surface area contributed by atoms with Crippen LogP contribution in [-0.4, -0.2) is 27.8 Å². The van der Waals surface area contributed by atoms with E-state index in [0.29, 0.717) is 11.7 Å². The third-order valence-electron chi connectivity index (χ3n) is 2.89. The quantitative estimate of drug-likeness (QED) is 0.776. The van der Waals surface area contributed by atoms with Crippen LogP contribution in [0.1, 0.15) is 12.8 Å². The number of hydrogen-bond donors (Lipinski definition) is 3. The number of carbonyl (C=O) groups is 1. The van der Waals surface area contributed by atoms with E-state index in [9.17, 15) is 9.00 Å². The highest BCUT2D eigenvalue weighted by molar-refractivity contribution is 7.85. The molecular formula is C12H17N3O2S. The van der Waals surface area contributed by atoms with Crippen LogP contribution < -0.4 is 16.4 Å². The minimum atomic E-state index is -0.645. The van der Waals surface area contributed by atoms with Crippen LogP contribution in [0.2, 0.25) is 0 Å². The molecule has 4 N–H and O–H groups in total. The van der Waals surface area contributed by atoms with Gasteiger partial charge in [0, 0.05) is 39.7 Å². The van der Waals surface area contributed by atoms with Gasteiger partial charge in [0.2, 0.25) is 0 Å². The van der Waals surface area contributed by atoms with Crippen LogP contribution in [0.4, 0.5) is 16.2 Å². The molecule has 98 valence electrons. The largest absolute Gasteiger partial charge is 0.382 e. The van der Waals surface area contributed by atoms with Crippen LogP contribution in [-0.2, 0) is 10.8 Å². The normalized spacial score (nSPS) is 23.3. The molecule has 0 bridgehead atoms. The van der Waals surface area contributed by atoms with E-state index in [-0.39, 0.29) is 0 Å². The lowest BCUT2D eigenvalue weighted by Crippen LogP contribution is -2.29. The van der Waals surface area contributed by atoms with Crippen molar-refractivity contribution in [3.8, 4) is 0 Å². The SMILES string of the molecule is NC(=O)Nc1cccc(NC2CCS(=O)CC2)c1. The highest BCUT2D eigenvalue weighted by atomic mass is 32.2. The summed E-state index contributed by atoms with van der Waals surface area (Å²) in [6.07, 6.45) is 1.83. The molecule has 0 aromatic heterocycles. The number of urea groups is 1. The number of benzene rings is 1. The Kier molecular flexibility index (Phi) is 4.19. The van der Waals surface area contributed by atoms with Crippen LogP contribution in [0, 0.1) is 0 Å². The van der Waals surface area contributed by atoms with Gasteiger partial charge in [0.25, 0.3) is 0 Å². The highest BCUT2D eigenvalue weighted by Crippen LogP contribution is 2.19. The first-order valence-electron chi connectivity index (χ1n) is 5.91. The maximum Gasteiger partial charge on any atom is 0.316 e. The second-order valence-electron chi connectivity index (χ2n) is 4.34. The first kappa shape index (κ1) is 12.9. The Bertz CT molecular complexity index is 454. The van der Waals surface area contributed by atoms with E-state index in [1.807, 2.05) is 18.2 Å². The highest BCUT2D eigenvalue weighted by Gasteiger charge is 2.17. The van der Waals surface area contributed by atoms with Crippen molar-refractivity contribution >= 4 is 28.2 Å². The zero-order valence-corrected chi connectivity index (χ0v) is 10.8. The van der Waals surface area contributed by atoms with E-state index in [0.717, 1.165) is 30.0 Å². The molecule has 0 spiro atoms. The van der Waals surface area contributed by atoms with E-state index in [1.54, 1.807) is 6.07 Å². The summed E-state index contributed by atoms with van der Waals surface area (Å²) in [5, 5.41) is 5.93. The molecule has 0 aliphatic carbocycles. The van der Waals surface area contributed by atoms with E-state index in [2.05, 4.69) is 10.6 Å². The van der Waals surface area contributed by atoms with E-state index < -0.39 is 16.8 Å². The van der Waals surface area contributed by atoms with E-state index in [1.165, 1.54) is 0 Å². The van der Waals surface area contributed by atoms with Crippen LogP contribution in [0.3, 0.4) is 0 Å². The Morgan fingerprint density at radius 1 is 1.28 bits per heavy atom. The van der Waals surface area contributed by atoms with Gasteiger partial charge >= 0.3 is 6.03 Å². The first-order valence-corrected chi connectivity index (χ1v) is 7.40. The molecule has 0 atom stereocenters. The monoisotopic (exact) mass is 267 g/mol. The second kappa shape index (κ2) is 5.86. The van der Waals surface area contributed by atoms with Crippen molar-refractivity contribution < 1.29 is 9.00 Å². The molecule has 1 fully saturated rings. The Labute approximate surface area is 109 Å². The van der Waals surface area contributed by atoms with Crippen molar-refractivity contribution in [2.24, 2.45) is 5.73 Å². The van der Waals surface area contributed by atoms with Gasteiger partial charge in [-0.25, -0.2) is 4.79 Å². The topological polar surface area (TPSA) is 84.2 Å². The number of hydrogen-bond acceptors (Lipinski definition) is 3. The van der Waals surface area contributed by atoms with Gasteiger partial charge in [-0.05, 0) is 31.0 Å². The maximum absolute atomic E-state index is 11.3. The van der Waals surface area contributed by atoms with Gasteiger partial charge in [-0.2, -0.15) is 0 Å². The fourth-order valence-corrected chi connectivity index (χ4v) is 3.30. The van der Waals surface area contributed by atoms with Crippen molar-refractivity contribution in [2.45, 2.75) is 18.9 Å². The lowest BCUT2D eigenvalue weighted by atomic mass is 10.1. The summed E-state index contributed by atoms with van der Waals surface area (Å²) < 4.78 is 11.3. The van der Waals surface area contributed by atoms with Gasteiger partial charge in [-0.15, -0.1) is 0 Å². The fraction of sp³-hybridized carbons (Fsp3) is 0.417. The van der Waals surface area contributed by atoms with E-state index in [4.69, 9.17) is 5.73 Å². The summed E-state index contributed by atoms with van der Waals surface area (Å²) in [5.74, 6) is 1.52. The third-order valence-corrected chi connectivity index (χ3v) is 4.27. The Hall–Kier alpha value is -1.56. The Balaban J connectivity index is 1.96. The number of rotatable bonds is 3. The number of nitrogens with two attached hydrogens (primary N) is 1. The van der Waals surface area contributed by atoms with Crippen molar-refractivity contribution in [1.29, 1.82) is 0 Å². The molecule has 1 aromatic carbocycles. The number of amides is 2. The number of anilines is 2. The number of primary amides is 1. The second-order valence-corrected chi connectivity index (χ2v) is 6.03. The van der Waals surface area contributed by atoms with Gasteiger partial charge in [0.15, 0.2) is 0 Å². The molecule has 0 unspecified atom stereocenters. The standard InChI is InChI=1S/C12H17N3O2S/c13-12(16)15-11-3-1-2-10(8-11)14-9-4-6-18(17)7-5-9/h1-3,8-9,14H,4-7H2,(H3,13,15,16). The minimum absolute atomic E-state index is 0.353. The number of nitrogens with one attached hydrogen (secondary N) is 2. The summed E-state index contributed by atoms with van der Waals surface area (Å²) >= 11 is 0. The van der Waals surface area contributed by atoms with Crippen LogP contribution in [0.25, 0.3) is 0 Å². The fourth-order valence-electron chi connectivity index (χ4n) is 2.00. The average molecular weight is 267 g/mol. The van der Waals surface area contributed by atoms with Crippen molar-refractivity contribution in [3.63, 3.8) is 0 Å². The smallest absolute Gasteiger partial charge is 0.316 e. The van der Waals surface area contributed by atoms with Crippen molar-refractivity contribution in [1.82, 2.24) is 0 Å². The maximum atomic E-state index is 11.3. The molecule has 1 saturated heterocycles. The van der Waals surface area contributed by atoms with Gasteiger partial charge in [0.1, 0.15) is 0 Å². The van der Waals surface area contributed by atoms with Gasteiger partial charge < -0.3 is 16.4 Å². The molecule has 2 rings (SSSR count). The molecule has 5 nitrogen and oxygen atoms in total. The van der Waals surface area contributed by atoms with Crippen molar-refractivity contribution in [3.05, 3.63) is 24.3 Å². The predicted octanol–water partition coefficient (Wildman–Crippen LogP) is 1.50. The average Bonchev–Trinajstić information content (AvgIpc) is 2.32. The molecule has 18 heavy (non-hydrogen) atoms. The summed E-state index contributed by atoms with van der Waals surface area (Å²) in [6.45, 7) is 0. The molecule has 1 aliphatic heterocycles. The minimum Gasteiger partial charge on any atom is -0.382 e. The van der Waals surface area contributed by atoms with Gasteiger partial charge in [0.05, 0.1) is 0 Å². The Morgan fingerprint density at radius 2 is 1.94 bits per heavy atom. The molecule has 2 amide bonds. The van der Waals surface area contributed by atoms with Crippen LogP contribution in [0.5, 0.6) is 0 Å². The van der Waals surface area contributed by atoms with Crippen molar-refractivity contribution in [2.75, 3.05) is 22.1 Å². The summed E-state index contributed by atoms with van der Waals surface area (Å²) in [4.78, 5) is 10.8. The predicted molar refractivity (Wildman–Crippen MR) is 74.2 cm³/mol. The summed E-state index contributed by atoms with van der Waals surface area (Å²) in [7, 11) is -0.645. The van der Waals surface area contributed by atoms with Crippen LogP contribution in [0.15, 0.2) is 24.3 Å². The molecule has 0 radical (unpaired) electrons. The third kappa shape index (κ3) is 3.73. The zero-order valence-electron chi connectivity index (χ0n) is 10.0. The lowest BCUT2D eigenvalue weighted by Gasteiger charge is -2.23. The van der Waals surface area contributed by atoms with Gasteiger partial charge in [-0.3, -0.25) is 4.21 Å². The molecule has 1 aromatic rings. The summed E-state index contributed by atoms with van der Waals surface area (Å²) in [5.41, 5.74) is 6.69. The van der Waals surface area contributed by atoms with Crippen LogP contribution >= 0.6 is 0 Å². The lowest BCUT2D eigenvalue weighted by molar-refractivity contribution is 0.259.